The summed E-state index contributed by atoms with van der Waals surface area (Å²) in [6.07, 6.45) is 7.09. The summed E-state index contributed by atoms with van der Waals surface area (Å²) >= 11 is 0. The molecule has 0 amide bonds. The van der Waals surface area contributed by atoms with Crippen LogP contribution < -0.4 is 10.4 Å². The smallest absolute Gasteiger partial charge is 0.382 e. The molecule has 194 valence electrons. The van der Waals surface area contributed by atoms with E-state index in [0.717, 1.165) is 25.3 Å². The van der Waals surface area contributed by atoms with E-state index in [9.17, 15) is 30.0 Å². The van der Waals surface area contributed by atoms with Crippen LogP contribution in [0, 0.1) is 5.92 Å². The molecule has 35 heavy (non-hydrogen) atoms. The molecule has 1 aliphatic heterocycles. The van der Waals surface area contributed by atoms with Crippen molar-refractivity contribution in [1.29, 1.82) is 0 Å². The average Bonchev–Trinajstić information content (AvgIpc) is 2.82. The Morgan fingerprint density at radius 1 is 1.20 bits per heavy atom. The molecule has 10 heteroatoms. The first kappa shape index (κ1) is 28.3. The number of unbranched alkanes of at least 4 members (excludes halogenated alkanes) is 2. The van der Waals surface area contributed by atoms with Crippen LogP contribution in [0.1, 0.15) is 51.9 Å². The molecule has 1 aromatic heterocycles. The molecule has 0 bridgehead atoms. The Morgan fingerprint density at radius 2 is 1.91 bits per heavy atom. The zero-order valence-electron chi connectivity index (χ0n) is 20.1. The lowest BCUT2D eigenvalue weighted by atomic mass is 9.91. The van der Waals surface area contributed by atoms with Gasteiger partial charge in [0.05, 0.1) is 18.8 Å². The maximum absolute atomic E-state index is 12.4. The van der Waals surface area contributed by atoms with Gasteiger partial charge in [-0.2, -0.15) is 0 Å². The number of esters is 1. The highest BCUT2D eigenvalue weighted by Crippen LogP contribution is 2.31. The molecule has 10 nitrogen and oxygen atoms in total. The summed E-state index contributed by atoms with van der Waals surface area (Å²) in [6.45, 7) is 4.69. The van der Waals surface area contributed by atoms with Crippen LogP contribution in [0.2, 0.25) is 0 Å². The number of hydrogen-bond donors (Lipinski definition) is 4. The number of aliphatic hydroxyl groups is 3. The molecule has 0 aliphatic carbocycles. The van der Waals surface area contributed by atoms with Crippen LogP contribution in [0.4, 0.5) is 0 Å². The van der Waals surface area contributed by atoms with E-state index in [0.29, 0.717) is 0 Å². The average molecular weight is 495 g/mol. The third kappa shape index (κ3) is 8.07. The van der Waals surface area contributed by atoms with Gasteiger partial charge in [0.25, 0.3) is 0 Å². The van der Waals surface area contributed by atoms with E-state index in [-0.39, 0.29) is 5.76 Å². The maximum Gasteiger partial charge on any atom is 0.382 e. The van der Waals surface area contributed by atoms with Crippen molar-refractivity contribution in [3.63, 3.8) is 0 Å². The lowest BCUT2D eigenvalue weighted by Crippen LogP contribution is -2.56. The second-order valence-corrected chi connectivity index (χ2v) is 8.23. The van der Waals surface area contributed by atoms with Gasteiger partial charge in [0, 0.05) is 18.1 Å². The van der Waals surface area contributed by atoms with E-state index >= 15 is 0 Å². The number of ether oxygens (including phenoxy) is 3. The monoisotopic (exact) mass is 494 g/mol. The summed E-state index contributed by atoms with van der Waals surface area (Å²) in [5, 5.41) is 40.0. The molecule has 6 atom stereocenters. The maximum atomic E-state index is 12.4. The Kier molecular flexibility index (Phi) is 11.2. The van der Waals surface area contributed by atoms with Gasteiger partial charge in [-0.1, -0.05) is 57.1 Å². The van der Waals surface area contributed by atoms with Crippen LogP contribution in [0.25, 0.3) is 0 Å². The fourth-order valence-corrected chi connectivity index (χ4v) is 3.32. The SMILES string of the molecule is CCCC/C=C/C=C/C=C/C(=O)OC(C)c1cc(O)c(OC2OC(CO)C(C)C(O)C2O)c(=O)o1. The minimum atomic E-state index is -1.54. The highest BCUT2D eigenvalue weighted by molar-refractivity contribution is 5.82. The Bertz CT molecular complexity index is 961. The van der Waals surface area contributed by atoms with Gasteiger partial charge in [0.2, 0.25) is 12.0 Å². The standard InChI is InChI=1S/C25H34O10/c1-4-5-6-7-8-9-10-11-12-20(28)32-16(3)18-13-17(27)23(24(31)33-18)35-25-22(30)21(29)15(2)19(14-26)34-25/h7-13,15-16,19,21-22,25-27,29-30H,4-6,14H2,1-3H3/b8-7+,10-9+,12-11+. The Morgan fingerprint density at radius 3 is 2.57 bits per heavy atom. The molecule has 6 unspecified atom stereocenters. The molecule has 0 radical (unpaired) electrons. The molecule has 4 N–H and O–H groups in total. The molecule has 1 aromatic rings. The van der Waals surface area contributed by atoms with Crippen molar-refractivity contribution in [3.8, 4) is 11.5 Å². The van der Waals surface area contributed by atoms with E-state index in [4.69, 9.17) is 18.6 Å². The number of hydrogen-bond acceptors (Lipinski definition) is 10. The Hall–Kier alpha value is -2.92. The zero-order chi connectivity index (χ0) is 26.0. The second-order valence-electron chi connectivity index (χ2n) is 8.23. The van der Waals surface area contributed by atoms with Crippen LogP contribution >= 0.6 is 0 Å². The van der Waals surface area contributed by atoms with Crippen LogP contribution in [0.5, 0.6) is 11.5 Å². The Labute approximate surface area is 203 Å². The summed E-state index contributed by atoms with van der Waals surface area (Å²) < 4.78 is 20.9. The Balaban J connectivity index is 2.01. The van der Waals surface area contributed by atoms with Gasteiger partial charge < -0.3 is 39.1 Å². The zero-order valence-corrected chi connectivity index (χ0v) is 20.1. The molecular formula is C25H34O10. The fraction of sp³-hybridized carbons (Fsp3) is 0.520. The number of aromatic hydroxyl groups is 1. The molecule has 1 aliphatic rings. The molecule has 1 saturated heterocycles. The van der Waals surface area contributed by atoms with Crippen molar-refractivity contribution < 1.29 is 43.8 Å². The fourth-order valence-electron chi connectivity index (χ4n) is 3.32. The molecule has 2 rings (SSSR count). The van der Waals surface area contributed by atoms with Crippen molar-refractivity contribution in [2.45, 2.75) is 70.7 Å². The first-order valence-corrected chi connectivity index (χ1v) is 11.6. The van der Waals surface area contributed by atoms with Gasteiger partial charge in [-0.15, -0.1) is 0 Å². The molecular weight excluding hydrogens is 460 g/mol. The van der Waals surface area contributed by atoms with Gasteiger partial charge in [-0.3, -0.25) is 0 Å². The van der Waals surface area contributed by atoms with Crippen LogP contribution in [-0.2, 0) is 14.3 Å². The quantitative estimate of drug-likeness (QED) is 0.156. The van der Waals surface area contributed by atoms with Gasteiger partial charge in [0.15, 0.2) is 17.6 Å². The lowest BCUT2D eigenvalue weighted by molar-refractivity contribution is -0.261. The highest BCUT2D eigenvalue weighted by Gasteiger charge is 2.43. The van der Waals surface area contributed by atoms with E-state index in [2.05, 4.69) is 6.92 Å². The number of carbonyl (C=O) groups excluding carboxylic acids is 1. The molecule has 2 heterocycles. The number of allylic oxidation sites excluding steroid dienone is 5. The van der Waals surface area contributed by atoms with Gasteiger partial charge in [-0.05, 0) is 13.3 Å². The number of rotatable bonds is 11. The van der Waals surface area contributed by atoms with Crippen molar-refractivity contribution >= 4 is 5.97 Å². The van der Waals surface area contributed by atoms with Gasteiger partial charge in [-0.25, -0.2) is 9.59 Å². The first-order valence-electron chi connectivity index (χ1n) is 11.6. The lowest BCUT2D eigenvalue weighted by Gasteiger charge is -2.40. The highest BCUT2D eigenvalue weighted by atomic mass is 16.7. The minimum Gasteiger partial charge on any atom is -0.504 e. The summed E-state index contributed by atoms with van der Waals surface area (Å²) in [7, 11) is 0. The summed E-state index contributed by atoms with van der Waals surface area (Å²) in [4.78, 5) is 24.4. The second kappa shape index (κ2) is 13.8. The predicted molar refractivity (Wildman–Crippen MR) is 126 cm³/mol. The van der Waals surface area contributed by atoms with E-state index < -0.39 is 66.3 Å². The molecule has 0 spiro atoms. The minimum absolute atomic E-state index is 0.136. The van der Waals surface area contributed by atoms with Crippen LogP contribution in [-0.4, -0.2) is 57.6 Å². The topological polar surface area (TPSA) is 156 Å². The van der Waals surface area contributed by atoms with Crippen LogP contribution in [0.3, 0.4) is 0 Å². The summed E-state index contributed by atoms with van der Waals surface area (Å²) in [5.41, 5.74) is -1.11. The largest absolute Gasteiger partial charge is 0.504 e. The first-order chi connectivity index (χ1) is 16.7. The van der Waals surface area contributed by atoms with Gasteiger partial charge in [0.1, 0.15) is 6.10 Å². The van der Waals surface area contributed by atoms with Gasteiger partial charge >= 0.3 is 11.6 Å². The third-order valence-corrected chi connectivity index (χ3v) is 5.50. The van der Waals surface area contributed by atoms with Crippen molar-refractivity contribution in [2.24, 2.45) is 5.92 Å². The van der Waals surface area contributed by atoms with Crippen molar-refractivity contribution in [2.75, 3.05) is 6.61 Å². The van der Waals surface area contributed by atoms with E-state index in [1.165, 1.54) is 19.1 Å². The molecule has 0 aromatic carbocycles. The summed E-state index contributed by atoms with van der Waals surface area (Å²) in [6, 6.07) is 1.04. The molecule has 0 saturated carbocycles. The van der Waals surface area contributed by atoms with E-state index in [1.54, 1.807) is 19.1 Å². The van der Waals surface area contributed by atoms with Crippen LogP contribution in [0.15, 0.2) is 51.7 Å². The van der Waals surface area contributed by atoms with Crippen molar-refractivity contribution in [1.82, 2.24) is 0 Å². The van der Waals surface area contributed by atoms with E-state index in [1.807, 2.05) is 12.2 Å². The normalized spacial score (nSPS) is 25.9. The van der Waals surface area contributed by atoms with Crippen molar-refractivity contribution in [3.05, 3.63) is 58.7 Å². The number of carbonyl (C=O) groups is 1. The number of aliphatic hydroxyl groups excluding tert-OH is 3. The predicted octanol–water partition coefficient (Wildman–Crippen LogP) is 2.26. The third-order valence-electron chi connectivity index (χ3n) is 5.50. The summed E-state index contributed by atoms with van der Waals surface area (Å²) in [5.74, 6) is -2.72. The molecule has 1 fully saturated rings.